The second-order valence-electron chi connectivity index (χ2n) is 4.01. The fraction of sp³-hybridized carbons (Fsp3) is 0.429. The molecule has 0 saturated heterocycles. The van der Waals surface area contributed by atoms with Crippen molar-refractivity contribution in [3.05, 3.63) is 36.3 Å². The lowest BCUT2D eigenvalue weighted by molar-refractivity contribution is -0.143. The SMILES string of the molecule is CCOC(Cn1ccc2cc(F)ccc21)OCC. The van der Waals surface area contributed by atoms with Crippen LogP contribution in [0.15, 0.2) is 30.5 Å². The smallest absolute Gasteiger partial charge is 0.175 e. The molecule has 0 unspecified atom stereocenters. The van der Waals surface area contributed by atoms with Crippen molar-refractivity contribution >= 4 is 10.9 Å². The summed E-state index contributed by atoms with van der Waals surface area (Å²) in [7, 11) is 0. The van der Waals surface area contributed by atoms with Gasteiger partial charge in [0.1, 0.15) is 5.82 Å². The molecule has 0 radical (unpaired) electrons. The molecule has 2 rings (SSSR count). The Morgan fingerprint density at radius 1 is 1.17 bits per heavy atom. The first-order valence-electron chi connectivity index (χ1n) is 6.22. The molecular weight excluding hydrogens is 233 g/mol. The molecule has 0 amide bonds. The van der Waals surface area contributed by atoms with E-state index in [0.29, 0.717) is 19.8 Å². The van der Waals surface area contributed by atoms with Crippen molar-refractivity contribution in [2.24, 2.45) is 0 Å². The zero-order valence-electron chi connectivity index (χ0n) is 10.7. The zero-order chi connectivity index (χ0) is 13.0. The molecule has 0 saturated carbocycles. The highest BCUT2D eigenvalue weighted by Gasteiger charge is 2.10. The van der Waals surface area contributed by atoms with Gasteiger partial charge in [-0.1, -0.05) is 0 Å². The van der Waals surface area contributed by atoms with Crippen molar-refractivity contribution in [3.63, 3.8) is 0 Å². The highest BCUT2D eigenvalue weighted by Crippen LogP contribution is 2.18. The lowest BCUT2D eigenvalue weighted by Crippen LogP contribution is -2.23. The maximum Gasteiger partial charge on any atom is 0.175 e. The number of nitrogens with zero attached hydrogens (tertiary/aromatic N) is 1. The predicted octanol–water partition coefficient (Wildman–Crippen LogP) is 3.18. The third-order valence-corrected chi connectivity index (χ3v) is 2.78. The summed E-state index contributed by atoms with van der Waals surface area (Å²) in [6.45, 7) is 5.71. The summed E-state index contributed by atoms with van der Waals surface area (Å²) in [5.74, 6) is -0.216. The third-order valence-electron chi connectivity index (χ3n) is 2.78. The maximum absolute atomic E-state index is 13.1. The molecule has 0 aliphatic heterocycles. The summed E-state index contributed by atoms with van der Waals surface area (Å²) in [5, 5.41) is 0.891. The number of halogens is 1. The minimum absolute atomic E-state index is 0.216. The van der Waals surface area contributed by atoms with Crippen LogP contribution in [0.4, 0.5) is 4.39 Å². The Morgan fingerprint density at radius 3 is 2.56 bits per heavy atom. The molecule has 0 spiro atoms. The molecule has 18 heavy (non-hydrogen) atoms. The summed E-state index contributed by atoms with van der Waals surface area (Å²) in [4.78, 5) is 0. The van der Waals surface area contributed by atoms with Crippen molar-refractivity contribution in [2.45, 2.75) is 26.7 Å². The van der Waals surface area contributed by atoms with Gasteiger partial charge in [-0.3, -0.25) is 0 Å². The Balaban J connectivity index is 2.19. The number of hydrogen-bond acceptors (Lipinski definition) is 2. The van der Waals surface area contributed by atoms with Crippen LogP contribution in [0.3, 0.4) is 0 Å². The van der Waals surface area contributed by atoms with Gasteiger partial charge in [0.15, 0.2) is 6.29 Å². The average Bonchev–Trinajstić information content (AvgIpc) is 2.72. The zero-order valence-corrected chi connectivity index (χ0v) is 10.7. The van der Waals surface area contributed by atoms with E-state index in [1.807, 2.05) is 30.7 Å². The number of aromatic nitrogens is 1. The maximum atomic E-state index is 13.1. The van der Waals surface area contributed by atoms with Crippen LogP contribution in [-0.2, 0) is 16.0 Å². The number of ether oxygens (including phenoxy) is 2. The number of fused-ring (bicyclic) bond motifs is 1. The van der Waals surface area contributed by atoms with Crippen LogP contribution in [0.25, 0.3) is 10.9 Å². The second-order valence-corrected chi connectivity index (χ2v) is 4.01. The Hall–Kier alpha value is -1.39. The van der Waals surface area contributed by atoms with Crippen LogP contribution in [0, 0.1) is 5.82 Å². The standard InChI is InChI=1S/C14H18FNO2/c1-3-17-14(18-4-2)10-16-8-7-11-9-12(15)5-6-13(11)16/h5-9,14H,3-4,10H2,1-2H3. The quantitative estimate of drug-likeness (QED) is 0.736. The van der Waals surface area contributed by atoms with Gasteiger partial charge in [0.2, 0.25) is 0 Å². The molecule has 1 heterocycles. The number of hydrogen-bond donors (Lipinski definition) is 0. The predicted molar refractivity (Wildman–Crippen MR) is 68.9 cm³/mol. The lowest BCUT2D eigenvalue weighted by atomic mass is 10.2. The van der Waals surface area contributed by atoms with Crippen molar-refractivity contribution in [1.29, 1.82) is 0 Å². The summed E-state index contributed by atoms with van der Waals surface area (Å²) >= 11 is 0. The van der Waals surface area contributed by atoms with E-state index in [-0.39, 0.29) is 12.1 Å². The number of benzene rings is 1. The third kappa shape index (κ3) is 2.89. The fourth-order valence-corrected chi connectivity index (χ4v) is 2.02. The minimum atomic E-state index is -0.263. The van der Waals surface area contributed by atoms with Crippen LogP contribution in [0.2, 0.25) is 0 Å². The first-order chi connectivity index (χ1) is 8.74. The van der Waals surface area contributed by atoms with Crippen LogP contribution in [0.1, 0.15) is 13.8 Å². The molecule has 1 aromatic heterocycles. The fourth-order valence-electron chi connectivity index (χ4n) is 2.02. The van der Waals surface area contributed by atoms with Gasteiger partial charge >= 0.3 is 0 Å². The Morgan fingerprint density at radius 2 is 1.89 bits per heavy atom. The van der Waals surface area contributed by atoms with E-state index in [0.717, 1.165) is 10.9 Å². The first kappa shape index (κ1) is 13.1. The first-order valence-corrected chi connectivity index (χ1v) is 6.22. The molecule has 0 aliphatic carbocycles. The molecular formula is C14H18FNO2. The van der Waals surface area contributed by atoms with Gasteiger partial charge < -0.3 is 14.0 Å². The van der Waals surface area contributed by atoms with Crippen molar-refractivity contribution in [1.82, 2.24) is 4.57 Å². The molecule has 0 atom stereocenters. The second kappa shape index (κ2) is 5.98. The van der Waals surface area contributed by atoms with E-state index < -0.39 is 0 Å². The molecule has 0 bridgehead atoms. The van der Waals surface area contributed by atoms with Crippen LogP contribution in [0.5, 0.6) is 0 Å². The minimum Gasteiger partial charge on any atom is -0.351 e. The Bertz CT molecular complexity index is 503. The van der Waals surface area contributed by atoms with Gasteiger partial charge in [-0.15, -0.1) is 0 Å². The summed E-state index contributed by atoms with van der Waals surface area (Å²) < 4.78 is 26.1. The van der Waals surface area contributed by atoms with E-state index in [2.05, 4.69) is 0 Å². The molecule has 0 fully saturated rings. The monoisotopic (exact) mass is 251 g/mol. The molecule has 0 aliphatic rings. The largest absolute Gasteiger partial charge is 0.351 e. The van der Waals surface area contributed by atoms with Crippen molar-refractivity contribution in [2.75, 3.05) is 13.2 Å². The summed E-state index contributed by atoms with van der Waals surface area (Å²) in [6, 6.07) is 6.67. The Kier molecular flexibility index (Phi) is 4.33. The van der Waals surface area contributed by atoms with E-state index in [1.165, 1.54) is 12.1 Å². The lowest BCUT2D eigenvalue weighted by Gasteiger charge is -2.18. The highest BCUT2D eigenvalue weighted by atomic mass is 19.1. The van der Waals surface area contributed by atoms with E-state index in [4.69, 9.17) is 9.47 Å². The van der Waals surface area contributed by atoms with E-state index >= 15 is 0 Å². The molecule has 0 N–H and O–H groups in total. The van der Waals surface area contributed by atoms with Crippen LogP contribution < -0.4 is 0 Å². The van der Waals surface area contributed by atoms with Gasteiger partial charge in [0.25, 0.3) is 0 Å². The van der Waals surface area contributed by atoms with E-state index in [1.54, 1.807) is 6.07 Å². The van der Waals surface area contributed by atoms with Crippen LogP contribution in [-0.4, -0.2) is 24.1 Å². The topological polar surface area (TPSA) is 23.4 Å². The Labute approximate surface area is 106 Å². The number of rotatable bonds is 6. The van der Waals surface area contributed by atoms with Crippen LogP contribution >= 0.6 is 0 Å². The van der Waals surface area contributed by atoms with Gasteiger partial charge in [-0.25, -0.2) is 4.39 Å². The van der Waals surface area contributed by atoms with Gasteiger partial charge in [-0.05, 0) is 38.1 Å². The molecule has 3 nitrogen and oxygen atoms in total. The average molecular weight is 251 g/mol. The highest BCUT2D eigenvalue weighted by molar-refractivity contribution is 5.80. The summed E-state index contributed by atoms with van der Waals surface area (Å²) in [6.07, 6.45) is 1.66. The normalized spacial score (nSPS) is 11.6. The summed E-state index contributed by atoms with van der Waals surface area (Å²) in [5.41, 5.74) is 0.987. The van der Waals surface area contributed by atoms with Gasteiger partial charge in [0, 0.05) is 30.3 Å². The van der Waals surface area contributed by atoms with Crippen molar-refractivity contribution in [3.8, 4) is 0 Å². The van der Waals surface area contributed by atoms with Crippen molar-refractivity contribution < 1.29 is 13.9 Å². The molecule has 98 valence electrons. The van der Waals surface area contributed by atoms with E-state index in [9.17, 15) is 4.39 Å². The van der Waals surface area contributed by atoms with Gasteiger partial charge in [0.05, 0.1) is 6.54 Å². The molecule has 1 aromatic carbocycles. The molecule has 4 heteroatoms. The molecule has 2 aromatic rings. The van der Waals surface area contributed by atoms with Gasteiger partial charge in [-0.2, -0.15) is 0 Å².